The van der Waals surface area contributed by atoms with Gasteiger partial charge in [0.2, 0.25) is 0 Å². The first-order chi connectivity index (χ1) is 19.0. The Morgan fingerprint density at radius 3 is 2.72 bits per heavy atom. The Morgan fingerprint density at radius 1 is 1.15 bits per heavy atom. The zero-order valence-corrected chi connectivity index (χ0v) is 22.7. The van der Waals surface area contributed by atoms with Crippen LogP contribution in [0.2, 0.25) is 0 Å². The van der Waals surface area contributed by atoms with Crippen LogP contribution in [0.25, 0.3) is 10.2 Å². The van der Waals surface area contributed by atoms with E-state index in [1.807, 2.05) is 24.3 Å². The van der Waals surface area contributed by atoms with Gasteiger partial charge in [0.1, 0.15) is 22.7 Å². The maximum absolute atomic E-state index is 13.2. The summed E-state index contributed by atoms with van der Waals surface area (Å²) in [7, 11) is 3.56. The molecule has 6 rings (SSSR count). The molecule has 4 aromatic rings. The second-order valence-corrected chi connectivity index (χ2v) is 11.1. The van der Waals surface area contributed by atoms with E-state index in [4.69, 9.17) is 4.74 Å². The van der Waals surface area contributed by atoms with Crippen molar-refractivity contribution < 1.29 is 14.3 Å². The van der Waals surface area contributed by atoms with E-state index in [-0.39, 0.29) is 23.5 Å². The number of carbonyl (C=O) groups excluding carboxylic acids is 2. The first-order valence-electron chi connectivity index (χ1n) is 13.0. The number of rotatable bonds is 7. The molecule has 1 aliphatic carbocycles. The van der Waals surface area contributed by atoms with E-state index >= 15 is 0 Å². The number of thiophene rings is 1. The number of piperazine rings is 1. The molecule has 2 aliphatic rings. The van der Waals surface area contributed by atoms with Crippen LogP contribution >= 0.6 is 11.3 Å². The lowest BCUT2D eigenvalue weighted by molar-refractivity contribution is -0.142. The number of H-pyrrole nitrogens is 1. The molecule has 3 N–H and O–H groups in total. The summed E-state index contributed by atoms with van der Waals surface area (Å²) in [6.07, 6.45) is 4.52. The van der Waals surface area contributed by atoms with Gasteiger partial charge in [-0.3, -0.25) is 19.6 Å². The predicted octanol–water partition coefficient (Wildman–Crippen LogP) is 3.36. The molecule has 12 heteroatoms. The highest BCUT2D eigenvalue weighted by molar-refractivity contribution is 7.19. The second-order valence-electron chi connectivity index (χ2n) is 9.97. The van der Waals surface area contributed by atoms with Crippen molar-refractivity contribution in [1.29, 1.82) is 0 Å². The van der Waals surface area contributed by atoms with Crippen LogP contribution < -0.4 is 10.6 Å². The first-order valence-corrected chi connectivity index (χ1v) is 13.8. The van der Waals surface area contributed by atoms with Gasteiger partial charge in [-0.2, -0.15) is 5.10 Å². The van der Waals surface area contributed by atoms with E-state index in [9.17, 15) is 9.59 Å². The molecule has 202 valence electrons. The number of aryl methyl sites for hydroxylation is 1. The number of hydrogen-bond acceptors (Lipinski definition) is 10. The van der Waals surface area contributed by atoms with Crippen molar-refractivity contribution in [3.05, 3.63) is 58.5 Å². The molecule has 11 nitrogen and oxygen atoms in total. The number of hydrogen-bond donors (Lipinski definition) is 3. The van der Waals surface area contributed by atoms with Gasteiger partial charge in [0.05, 0.1) is 30.3 Å². The van der Waals surface area contributed by atoms with Gasteiger partial charge in [0.25, 0.3) is 5.91 Å². The number of benzene rings is 1. The molecule has 0 bridgehead atoms. The largest absolute Gasteiger partial charge is 0.469 e. The molecule has 4 heterocycles. The highest BCUT2D eigenvalue weighted by Crippen LogP contribution is 2.46. The summed E-state index contributed by atoms with van der Waals surface area (Å²) in [5.41, 5.74) is 3.58. The lowest BCUT2D eigenvalue weighted by Crippen LogP contribution is -2.43. The highest BCUT2D eigenvalue weighted by atomic mass is 32.1. The summed E-state index contributed by atoms with van der Waals surface area (Å²) in [6.45, 7) is 5.17. The molecule has 1 atom stereocenters. The van der Waals surface area contributed by atoms with Crippen molar-refractivity contribution in [3.8, 4) is 0 Å². The Labute approximate surface area is 229 Å². The zero-order chi connectivity index (χ0) is 26.9. The average Bonchev–Trinajstić information content (AvgIpc) is 3.66. The number of esters is 1. The summed E-state index contributed by atoms with van der Waals surface area (Å²) in [6, 6.07) is 7.93. The summed E-state index contributed by atoms with van der Waals surface area (Å²) in [5.74, 6) is -0.412. The van der Waals surface area contributed by atoms with Crippen LogP contribution in [0.4, 0.5) is 17.2 Å². The molecule has 0 radical (unpaired) electrons. The van der Waals surface area contributed by atoms with Gasteiger partial charge in [0.15, 0.2) is 0 Å². The summed E-state index contributed by atoms with van der Waals surface area (Å²) < 4.78 is 5.04. The van der Waals surface area contributed by atoms with E-state index in [1.165, 1.54) is 19.0 Å². The predicted molar refractivity (Wildman–Crippen MR) is 150 cm³/mol. The quantitative estimate of drug-likeness (QED) is 0.299. The van der Waals surface area contributed by atoms with Gasteiger partial charge in [-0.15, -0.1) is 11.3 Å². The molecule has 1 saturated heterocycles. The molecular weight excluding hydrogens is 516 g/mol. The maximum Gasteiger partial charge on any atom is 0.313 e. The number of amides is 1. The highest BCUT2D eigenvalue weighted by Gasteiger charge is 2.35. The molecule has 39 heavy (non-hydrogen) atoms. The minimum atomic E-state index is -0.350. The zero-order valence-electron chi connectivity index (χ0n) is 21.9. The Hall–Kier alpha value is -3.87. The minimum Gasteiger partial charge on any atom is -0.469 e. The van der Waals surface area contributed by atoms with Gasteiger partial charge in [-0.1, -0.05) is 12.1 Å². The summed E-state index contributed by atoms with van der Waals surface area (Å²) in [4.78, 5) is 41.2. The van der Waals surface area contributed by atoms with Crippen molar-refractivity contribution in [2.75, 3.05) is 51.0 Å². The van der Waals surface area contributed by atoms with E-state index < -0.39 is 0 Å². The van der Waals surface area contributed by atoms with E-state index in [1.54, 1.807) is 17.5 Å². The fourth-order valence-corrected chi connectivity index (χ4v) is 6.50. The Balaban J connectivity index is 1.18. The van der Waals surface area contributed by atoms with Crippen LogP contribution in [0.1, 0.15) is 38.8 Å². The first kappa shape index (κ1) is 25.4. The van der Waals surface area contributed by atoms with Crippen molar-refractivity contribution in [2.24, 2.45) is 0 Å². The van der Waals surface area contributed by atoms with Crippen LogP contribution in [0.15, 0.2) is 36.8 Å². The normalized spacial score (nSPS) is 17.7. The van der Waals surface area contributed by atoms with Gasteiger partial charge < -0.3 is 20.3 Å². The standard InChI is InChI=1S/C27H30N8O3S/c1-34-9-11-35(12-10-34)14-16-3-5-17(6-4-16)31-25(36)23-19(13-30-33-23)32-24-22-21-18(27(37)38-2)7-8-20(21)39-26(22)29-15-28-24/h3-6,13,15,18H,7-12,14H2,1-2H3,(H,30,33)(H,31,36)(H,28,29,32). The molecule has 1 amide bonds. The third-order valence-corrected chi connectivity index (χ3v) is 8.60. The number of nitrogens with zero attached hydrogens (tertiary/aromatic N) is 5. The van der Waals surface area contributed by atoms with E-state index in [2.05, 4.69) is 47.6 Å². The average molecular weight is 547 g/mol. The number of nitrogens with one attached hydrogen (secondary N) is 3. The topological polar surface area (TPSA) is 128 Å². The van der Waals surface area contributed by atoms with E-state index in [0.29, 0.717) is 23.6 Å². The SMILES string of the molecule is COC(=O)C1CCc2sc3ncnc(Nc4cn[nH]c4C(=O)Nc4ccc(CN5CCN(C)CC5)cc4)c3c21. The molecule has 1 fully saturated rings. The van der Waals surface area contributed by atoms with Crippen molar-refractivity contribution in [3.63, 3.8) is 0 Å². The van der Waals surface area contributed by atoms with Crippen LogP contribution in [-0.4, -0.2) is 82.2 Å². The smallest absolute Gasteiger partial charge is 0.313 e. The lowest BCUT2D eigenvalue weighted by Gasteiger charge is -2.32. The van der Waals surface area contributed by atoms with Crippen LogP contribution in [0, 0.1) is 0 Å². The molecule has 3 aromatic heterocycles. The number of ether oxygens (including phenoxy) is 1. The Bertz CT molecular complexity index is 1510. The summed E-state index contributed by atoms with van der Waals surface area (Å²) in [5, 5.41) is 13.9. The Kier molecular flexibility index (Phi) is 6.98. The number of anilines is 3. The third kappa shape index (κ3) is 5.10. The number of aromatic nitrogens is 4. The molecule has 1 aliphatic heterocycles. The molecule has 1 aromatic carbocycles. The minimum absolute atomic E-state index is 0.263. The van der Waals surface area contributed by atoms with Crippen LogP contribution in [-0.2, 0) is 22.5 Å². The fraction of sp³-hybridized carbons (Fsp3) is 0.370. The number of likely N-dealkylation sites (N-methyl/N-ethyl adjacent to an activating group) is 1. The van der Waals surface area contributed by atoms with Crippen LogP contribution in [0.3, 0.4) is 0 Å². The molecule has 0 spiro atoms. The lowest BCUT2D eigenvalue weighted by atomic mass is 10.0. The summed E-state index contributed by atoms with van der Waals surface area (Å²) >= 11 is 1.56. The number of aromatic amines is 1. The van der Waals surface area contributed by atoms with Crippen molar-refractivity contribution in [2.45, 2.75) is 25.3 Å². The molecule has 0 saturated carbocycles. The van der Waals surface area contributed by atoms with Gasteiger partial charge in [-0.25, -0.2) is 9.97 Å². The van der Waals surface area contributed by atoms with Crippen molar-refractivity contribution >= 4 is 50.6 Å². The Morgan fingerprint density at radius 2 is 1.95 bits per heavy atom. The second kappa shape index (κ2) is 10.7. The number of fused-ring (bicyclic) bond motifs is 3. The van der Waals surface area contributed by atoms with Gasteiger partial charge in [-0.05, 0) is 43.1 Å². The fourth-order valence-electron chi connectivity index (χ4n) is 5.28. The molecular formula is C27H30N8O3S. The number of carbonyl (C=O) groups is 2. The van der Waals surface area contributed by atoms with E-state index in [0.717, 1.165) is 59.8 Å². The maximum atomic E-state index is 13.2. The van der Waals surface area contributed by atoms with Crippen molar-refractivity contribution in [1.82, 2.24) is 30.0 Å². The van der Waals surface area contributed by atoms with Gasteiger partial charge in [0, 0.05) is 43.3 Å². The third-order valence-electron chi connectivity index (χ3n) is 7.43. The van der Waals surface area contributed by atoms with Crippen LogP contribution in [0.5, 0.6) is 0 Å². The molecule has 1 unspecified atom stereocenters. The monoisotopic (exact) mass is 546 g/mol. The number of methoxy groups -OCH3 is 1. The van der Waals surface area contributed by atoms with Gasteiger partial charge >= 0.3 is 5.97 Å².